The molecule has 1 aliphatic heterocycles. The monoisotopic (exact) mass is 337 g/mol. The number of carbonyl (C=O) groups excluding carboxylic acids is 3. The number of imide groups is 1. The molecule has 2 amide bonds. The molecular weight excluding hydrogens is 320 g/mol. The average molecular weight is 337 g/mol. The number of amides is 2. The third-order valence-electron chi connectivity index (χ3n) is 4.08. The maximum absolute atomic E-state index is 12.6. The molecule has 6 heteroatoms. The van der Waals surface area contributed by atoms with Crippen LogP contribution < -0.4 is 15.3 Å². The Morgan fingerprint density at radius 2 is 1.76 bits per heavy atom. The highest BCUT2D eigenvalue weighted by molar-refractivity contribution is 6.23. The SMILES string of the molecule is Cc1ccc(N2C(=O)C[C@H](Nc3ccc(CC(=O)[O-])cc3)C2=O)cc1. The molecule has 1 fully saturated rings. The highest BCUT2D eigenvalue weighted by Gasteiger charge is 2.39. The number of benzene rings is 2. The van der Waals surface area contributed by atoms with E-state index in [4.69, 9.17) is 0 Å². The number of carboxylic acid groups (broad SMARTS) is 1. The van der Waals surface area contributed by atoms with E-state index >= 15 is 0 Å². The van der Waals surface area contributed by atoms with Gasteiger partial charge in [0, 0.05) is 18.1 Å². The predicted molar refractivity (Wildman–Crippen MR) is 90.9 cm³/mol. The zero-order valence-electron chi connectivity index (χ0n) is 13.7. The Kier molecular flexibility index (Phi) is 4.52. The van der Waals surface area contributed by atoms with Crippen LogP contribution in [0.15, 0.2) is 48.5 Å². The van der Waals surface area contributed by atoms with Crippen molar-refractivity contribution in [3.05, 3.63) is 59.7 Å². The number of carbonyl (C=O) groups is 3. The van der Waals surface area contributed by atoms with Gasteiger partial charge in [-0.05, 0) is 36.8 Å². The molecule has 0 bridgehead atoms. The minimum Gasteiger partial charge on any atom is -0.550 e. The van der Waals surface area contributed by atoms with Gasteiger partial charge in [0.1, 0.15) is 6.04 Å². The molecule has 0 saturated carbocycles. The molecule has 2 aromatic rings. The molecule has 0 aliphatic carbocycles. The maximum Gasteiger partial charge on any atom is 0.256 e. The van der Waals surface area contributed by atoms with E-state index in [1.165, 1.54) is 4.90 Å². The van der Waals surface area contributed by atoms with Crippen molar-refractivity contribution in [2.24, 2.45) is 0 Å². The Morgan fingerprint density at radius 1 is 1.12 bits per heavy atom. The Morgan fingerprint density at radius 3 is 2.36 bits per heavy atom. The number of carboxylic acids is 1. The van der Waals surface area contributed by atoms with Gasteiger partial charge in [0.05, 0.1) is 12.1 Å². The van der Waals surface area contributed by atoms with E-state index in [9.17, 15) is 19.5 Å². The van der Waals surface area contributed by atoms with Crippen LogP contribution in [0.2, 0.25) is 0 Å². The summed E-state index contributed by atoms with van der Waals surface area (Å²) >= 11 is 0. The summed E-state index contributed by atoms with van der Waals surface area (Å²) in [5.41, 5.74) is 2.88. The number of nitrogens with zero attached hydrogens (tertiary/aromatic N) is 1. The third kappa shape index (κ3) is 3.68. The molecule has 1 heterocycles. The lowest BCUT2D eigenvalue weighted by molar-refractivity contribution is -0.304. The van der Waals surface area contributed by atoms with E-state index in [0.29, 0.717) is 16.9 Å². The summed E-state index contributed by atoms with van der Waals surface area (Å²) in [7, 11) is 0. The van der Waals surface area contributed by atoms with E-state index < -0.39 is 12.0 Å². The molecular formula is C19H17N2O4-. The molecule has 0 aromatic heterocycles. The lowest BCUT2D eigenvalue weighted by Crippen LogP contribution is -2.34. The Bertz CT molecular complexity index is 812. The van der Waals surface area contributed by atoms with Crippen molar-refractivity contribution in [1.29, 1.82) is 0 Å². The summed E-state index contributed by atoms with van der Waals surface area (Å²) in [6.07, 6.45) is -0.0875. The minimum atomic E-state index is -1.15. The van der Waals surface area contributed by atoms with Gasteiger partial charge in [-0.2, -0.15) is 0 Å². The Hall–Kier alpha value is -3.15. The van der Waals surface area contributed by atoms with Crippen molar-refractivity contribution in [2.75, 3.05) is 10.2 Å². The lowest BCUT2D eigenvalue weighted by atomic mass is 10.1. The van der Waals surface area contributed by atoms with Gasteiger partial charge in [-0.15, -0.1) is 0 Å². The van der Waals surface area contributed by atoms with Crippen molar-refractivity contribution >= 4 is 29.2 Å². The number of aryl methyl sites for hydroxylation is 1. The van der Waals surface area contributed by atoms with Gasteiger partial charge in [-0.3, -0.25) is 9.59 Å². The third-order valence-corrected chi connectivity index (χ3v) is 4.08. The highest BCUT2D eigenvalue weighted by atomic mass is 16.4. The van der Waals surface area contributed by atoms with E-state index in [-0.39, 0.29) is 24.7 Å². The molecule has 0 unspecified atom stereocenters. The molecule has 6 nitrogen and oxygen atoms in total. The van der Waals surface area contributed by atoms with E-state index in [0.717, 1.165) is 5.56 Å². The first-order valence-corrected chi connectivity index (χ1v) is 7.93. The quantitative estimate of drug-likeness (QED) is 0.823. The number of hydrogen-bond donors (Lipinski definition) is 1. The average Bonchev–Trinajstić information content (AvgIpc) is 2.84. The maximum atomic E-state index is 12.6. The van der Waals surface area contributed by atoms with Gasteiger partial charge in [-0.1, -0.05) is 29.8 Å². The fourth-order valence-electron chi connectivity index (χ4n) is 2.80. The minimum absolute atomic E-state index is 0.0769. The summed E-state index contributed by atoms with van der Waals surface area (Å²) in [4.78, 5) is 36.6. The number of aliphatic carboxylic acids is 1. The first-order chi connectivity index (χ1) is 11.9. The first-order valence-electron chi connectivity index (χ1n) is 7.93. The van der Waals surface area contributed by atoms with Crippen LogP contribution >= 0.6 is 0 Å². The van der Waals surface area contributed by atoms with E-state index in [1.807, 2.05) is 19.1 Å². The number of nitrogens with one attached hydrogen (secondary N) is 1. The van der Waals surface area contributed by atoms with Crippen LogP contribution in [0.3, 0.4) is 0 Å². The van der Waals surface area contributed by atoms with Gasteiger partial charge < -0.3 is 15.2 Å². The molecule has 1 N–H and O–H groups in total. The van der Waals surface area contributed by atoms with Crippen LogP contribution in [0.25, 0.3) is 0 Å². The smallest absolute Gasteiger partial charge is 0.256 e. The first kappa shape index (κ1) is 16.7. The van der Waals surface area contributed by atoms with Crippen LogP contribution in [0.5, 0.6) is 0 Å². The molecule has 128 valence electrons. The fraction of sp³-hybridized carbons (Fsp3) is 0.211. The second-order valence-corrected chi connectivity index (χ2v) is 6.05. The van der Waals surface area contributed by atoms with E-state index in [1.54, 1.807) is 36.4 Å². The summed E-state index contributed by atoms with van der Waals surface area (Å²) in [6.45, 7) is 1.94. The highest BCUT2D eigenvalue weighted by Crippen LogP contribution is 2.25. The van der Waals surface area contributed by atoms with E-state index in [2.05, 4.69) is 5.32 Å². The summed E-state index contributed by atoms with van der Waals surface area (Å²) < 4.78 is 0. The zero-order valence-corrected chi connectivity index (χ0v) is 13.7. The Labute approximate surface area is 145 Å². The van der Waals surface area contributed by atoms with Crippen molar-refractivity contribution in [1.82, 2.24) is 0 Å². The second-order valence-electron chi connectivity index (χ2n) is 6.05. The van der Waals surface area contributed by atoms with Gasteiger partial charge >= 0.3 is 0 Å². The number of rotatable bonds is 5. The molecule has 0 radical (unpaired) electrons. The van der Waals surface area contributed by atoms with Crippen molar-refractivity contribution in [3.63, 3.8) is 0 Å². The van der Waals surface area contributed by atoms with Crippen LogP contribution in [0, 0.1) is 6.92 Å². The summed E-state index contributed by atoms with van der Waals surface area (Å²) in [5.74, 6) is -1.70. The standard InChI is InChI=1S/C19H18N2O4/c1-12-2-8-15(9-3-12)21-17(22)11-16(19(21)25)20-14-6-4-13(5-7-14)10-18(23)24/h2-9,16,20H,10-11H2,1H3,(H,23,24)/p-1/t16-/m0/s1. The number of hydrogen-bond acceptors (Lipinski definition) is 5. The molecule has 3 rings (SSSR count). The predicted octanol–water partition coefficient (Wildman–Crippen LogP) is 1.03. The Balaban J connectivity index is 1.71. The van der Waals surface area contributed by atoms with Gasteiger partial charge in [0.25, 0.3) is 5.91 Å². The summed E-state index contributed by atoms with van der Waals surface area (Å²) in [5, 5.41) is 13.6. The lowest BCUT2D eigenvalue weighted by Gasteiger charge is -2.16. The fourth-order valence-corrected chi connectivity index (χ4v) is 2.80. The number of anilines is 2. The molecule has 0 spiro atoms. The molecule has 1 atom stereocenters. The largest absolute Gasteiger partial charge is 0.550 e. The van der Waals surface area contributed by atoms with Crippen LogP contribution in [-0.4, -0.2) is 23.8 Å². The van der Waals surface area contributed by atoms with Gasteiger partial charge in [-0.25, -0.2) is 4.90 Å². The molecule has 25 heavy (non-hydrogen) atoms. The van der Waals surface area contributed by atoms with Crippen molar-refractivity contribution in [2.45, 2.75) is 25.8 Å². The molecule has 1 saturated heterocycles. The second kappa shape index (κ2) is 6.76. The molecule has 1 aliphatic rings. The van der Waals surface area contributed by atoms with Crippen LogP contribution in [0.1, 0.15) is 17.5 Å². The normalized spacial score (nSPS) is 17.0. The van der Waals surface area contributed by atoms with Crippen molar-refractivity contribution in [3.8, 4) is 0 Å². The van der Waals surface area contributed by atoms with Gasteiger partial charge in [0.15, 0.2) is 0 Å². The van der Waals surface area contributed by atoms with Crippen LogP contribution in [0.4, 0.5) is 11.4 Å². The zero-order chi connectivity index (χ0) is 18.0. The van der Waals surface area contributed by atoms with Gasteiger partial charge in [0.2, 0.25) is 5.91 Å². The molecule has 2 aromatic carbocycles. The van der Waals surface area contributed by atoms with Crippen molar-refractivity contribution < 1.29 is 19.5 Å². The topological polar surface area (TPSA) is 89.5 Å². The van der Waals surface area contributed by atoms with Crippen LogP contribution in [-0.2, 0) is 20.8 Å². The summed E-state index contributed by atoms with van der Waals surface area (Å²) in [6, 6.07) is 13.2.